The van der Waals surface area contributed by atoms with E-state index in [0.717, 1.165) is 31.4 Å². The Bertz CT molecular complexity index is 511. The second kappa shape index (κ2) is 6.93. The van der Waals surface area contributed by atoms with Crippen LogP contribution in [0.1, 0.15) is 24.8 Å². The van der Waals surface area contributed by atoms with Crippen molar-refractivity contribution in [1.29, 1.82) is 5.26 Å². The monoisotopic (exact) mass is 285 g/mol. The Hall–Kier alpha value is -1.57. The molecule has 0 aliphatic carbocycles. The lowest BCUT2D eigenvalue weighted by atomic mass is 10.1. The molecule has 1 unspecified atom stereocenters. The number of piperazine rings is 1. The zero-order valence-electron chi connectivity index (χ0n) is 12.5. The van der Waals surface area contributed by atoms with Crippen LogP contribution in [0.4, 0.5) is 0 Å². The standard InChI is InChI=1S/C17H23N3O/c18-13-15-4-1-6-17(12-15)21-11-3-7-19-9-10-20-8-2-5-16(20)14-19/h1,4,6,12,16H,2-3,5,7-11,14H2. The molecule has 2 aliphatic rings. The molecule has 3 rings (SSSR count). The number of hydrogen-bond donors (Lipinski definition) is 0. The molecule has 21 heavy (non-hydrogen) atoms. The maximum absolute atomic E-state index is 8.86. The number of fused-ring (bicyclic) bond motifs is 1. The molecule has 4 nitrogen and oxygen atoms in total. The summed E-state index contributed by atoms with van der Waals surface area (Å²) in [6.45, 7) is 6.79. The number of rotatable bonds is 5. The molecule has 0 aromatic heterocycles. The molecule has 0 amide bonds. The molecule has 2 saturated heterocycles. The van der Waals surface area contributed by atoms with Gasteiger partial charge in [-0.25, -0.2) is 0 Å². The average Bonchev–Trinajstić information content (AvgIpc) is 2.99. The molecule has 0 N–H and O–H groups in total. The van der Waals surface area contributed by atoms with Crippen LogP contribution in [0.15, 0.2) is 24.3 Å². The van der Waals surface area contributed by atoms with Crippen LogP contribution in [0.2, 0.25) is 0 Å². The summed E-state index contributed by atoms with van der Waals surface area (Å²) < 4.78 is 5.74. The van der Waals surface area contributed by atoms with Crippen molar-refractivity contribution < 1.29 is 4.74 Å². The topological polar surface area (TPSA) is 39.5 Å². The summed E-state index contributed by atoms with van der Waals surface area (Å²) in [5.74, 6) is 0.801. The summed E-state index contributed by atoms with van der Waals surface area (Å²) >= 11 is 0. The summed E-state index contributed by atoms with van der Waals surface area (Å²) in [5.41, 5.74) is 0.657. The van der Waals surface area contributed by atoms with E-state index in [1.54, 1.807) is 12.1 Å². The molecule has 0 spiro atoms. The number of nitrogens with zero attached hydrogens (tertiary/aromatic N) is 3. The van der Waals surface area contributed by atoms with Gasteiger partial charge >= 0.3 is 0 Å². The van der Waals surface area contributed by atoms with E-state index in [0.29, 0.717) is 5.56 Å². The molecule has 2 aliphatic heterocycles. The normalized spacial score (nSPS) is 22.7. The van der Waals surface area contributed by atoms with Gasteiger partial charge < -0.3 is 9.64 Å². The lowest BCUT2D eigenvalue weighted by molar-refractivity contribution is 0.0997. The molecule has 2 heterocycles. The van der Waals surface area contributed by atoms with E-state index in [9.17, 15) is 0 Å². The van der Waals surface area contributed by atoms with E-state index in [1.807, 2.05) is 12.1 Å². The maximum atomic E-state index is 8.86. The van der Waals surface area contributed by atoms with Gasteiger partial charge in [0.1, 0.15) is 5.75 Å². The highest BCUT2D eigenvalue weighted by Gasteiger charge is 2.29. The summed E-state index contributed by atoms with van der Waals surface area (Å²) in [6.07, 6.45) is 3.79. The van der Waals surface area contributed by atoms with E-state index >= 15 is 0 Å². The summed E-state index contributed by atoms with van der Waals surface area (Å²) in [4.78, 5) is 5.21. The van der Waals surface area contributed by atoms with Crippen LogP contribution in [-0.4, -0.2) is 55.2 Å². The van der Waals surface area contributed by atoms with Crippen LogP contribution < -0.4 is 4.74 Å². The van der Waals surface area contributed by atoms with Gasteiger partial charge in [0.25, 0.3) is 0 Å². The molecule has 1 aromatic carbocycles. The van der Waals surface area contributed by atoms with E-state index in [-0.39, 0.29) is 0 Å². The van der Waals surface area contributed by atoms with Crippen molar-refractivity contribution in [2.45, 2.75) is 25.3 Å². The minimum atomic E-state index is 0.657. The minimum Gasteiger partial charge on any atom is -0.494 e. The first-order chi connectivity index (χ1) is 10.3. The lowest BCUT2D eigenvalue weighted by Crippen LogP contribution is -2.50. The molecule has 0 bridgehead atoms. The molecular formula is C17H23N3O. The predicted molar refractivity (Wildman–Crippen MR) is 82.3 cm³/mol. The highest BCUT2D eigenvalue weighted by Crippen LogP contribution is 2.21. The third-order valence-electron chi connectivity index (χ3n) is 4.52. The number of ether oxygens (including phenoxy) is 1. The Morgan fingerprint density at radius 1 is 1.29 bits per heavy atom. The molecule has 0 radical (unpaired) electrons. The van der Waals surface area contributed by atoms with Crippen LogP contribution in [0.5, 0.6) is 5.75 Å². The molecule has 4 heteroatoms. The molecule has 1 atom stereocenters. The van der Waals surface area contributed by atoms with Crippen LogP contribution in [0, 0.1) is 11.3 Å². The van der Waals surface area contributed by atoms with Crippen molar-refractivity contribution in [2.75, 3.05) is 39.3 Å². The van der Waals surface area contributed by atoms with Crippen LogP contribution >= 0.6 is 0 Å². The van der Waals surface area contributed by atoms with Crippen molar-refractivity contribution in [2.24, 2.45) is 0 Å². The second-order valence-corrected chi connectivity index (χ2v) is 5.97. The van der Waals surface area contributed by atoms with E-state index < -0.39 is 0 Å². The van der Waals surface area contributed by atoms with Gasteiger partial charge in [-0.3, -0.25) is 4.90 Å². The van der Waals surface area contributed by atoms with Gasteiger partial charge in [0.05, 0.1) is 18.2 Å². The van der Waals surface area contributed by atoms with Crippen LogP contribution in [-0.2, 0) is 0 Å². The Labute approximate surface area is 126 Å². The Balaban J connectivity index is 1.37. The largest absolute Gasteiger partial charge is 0.494 e. The van der Waals surface area contributed by atoms with Crippen LogP contribution in [0.25, 0.3) is 0 Å². The van der Waals surface area contributed by atoms with E-state index in [1.165, 1.54) is 39.0 Å². The van der Waals surface area contributed by atoms with Gasteiger partial charge in [-0.05, 0) is 44.0 Å². The van der Waals surface area contributed by atoms with Gasteiger partial charge in [-0.2, -0.15) is 5.26 Å². The fourth-order valence-electron chi connectivity index (χ4n) is 3.39. The summed E-state index contributed by atoms with van der Waals surface area (Å²) in [5, 5.41) is 8.86. The highest BCUT2D eigenvalue weighted by atomic mass is 16.5. The van der Waals surface area contributed by atoms with Gasteiger partial charge in [0, 0.05) is 32.2 Å². The second-order valence-electron chi connectivity index (χ2n) is 5.97. The SMILES string of the molecule is N#Cc1cccc(OCCCN2CCN3CCCC3C2)c1. The third-order valence-corrected chi connectivity index (χ3v) is 4.52. The van der Waals surface area contributed by atoms with Gasteiger partial charge in [-0.15, -0.1) is 0 Å². The van der Waals surface area contributed by atoms with Crippen LogP contribution in [0.3, 0.4) is 0 Å². The molecule has 1 aromatic rings. The van der Waals surface area contributed by atoms with Gasteiger partial charge in [0.2, 0.25) is 0 Å². The molecule has 0 saturated carbocycles. The summed E-state index contributed by atoms with van der Waals surface area (Å²) in [7, 11) is 0. The fourth-order valence-corrected chi connectivity index (χ4v) is 3.39. The minimum absolute atomic E-state index is 0.657. The Kier molecular flexibility index (Phi) is 4.74. The zero-order valence-corrected chi connectivity index (χ0v) is 12.5. The third kappa shape index (κ3) is 3.75. The van der Waals surface area contributed by atoms with E-state index in [2.05, 4.69) is 15.9 Å². The summed E-state index contributed by atoms with van der Waals surface area (Å²) in [6, 6.07) is 10.3. The van der Waals surface area contributed by atoms with Crippen molar-refractivity contribution in [3.8, 4) is 11.8 Å². The van der Waals surface area contributed by atoms with Crippen molar-refractivity contribution >= 4 is 0 Å². The number of nitriles is 1. The highest BCUT2D eigenvalue weighted by molar-refractivity contribution is 5.36. The molecular weight excluding hydrogens is 262 g/mol. The molecule has 2 fully saturated rings. The van der Waals surface area contributed by atoms with Crippen molar-refractivity contribution in [3.63, 3.8) is 0 Å². The van der Waals surface area contributed by atoms with Gasteiger partial charge in [-0.1, -0.05) is 6.07 Å². The Morgan fingerprint density at radius 3 is 3.14 bits per heavy atom. The van der Waals surface area contributed by atoms with Crippen molar-refractivity contribution in [1.82, 2.24) is 9.80 Å². The van der Waals surface area contributed by atoms with Gasteiger partial charge in [0.15, 0.2) is 0 Å². The predicted octanol–water partition coefficient (Wildman–Crippen LogP) is 2.11. The number of benzene rings is 1. The molecule has 112 valence electrons. The fraction of sp³-hybridized carbons (Fsp3) is 0.588. The lowest BCUT2D eigenvalue weighted by Gasteiger charge is -2.37. The maximum Gasteiger partial charge on any atom is 0.120 e. The first-order valence-corrected chi connectivity index (χ1v) is 7.94. The van der Waals surface area contributed by atoms with E-state index in [4.69, 9.17) is 10.00 Å². The zero-order chi connectivity index (χ0) is 14.5. The van der Waals surface area contributed by atoms with Crippen molar-refractivity contribution in [3.05, 3.63) is 29.8 Å². The quantitative estimate of drug-likeness (QED) is 0.777. The number of hydrogen-bond acceptors (Lipinski definition) is 4. The average molecular weight is 285 g/mol. The Morgan fingerprint density at radius 2 is 2.24 bits per heavy atom. The first kappa shape index (κ1) is 14.4. The smallest absolute Gasteiger partial charge is 0.120 e. The first-order valence-electron chi connectivity index (χ1n) is 7.94.